The fraction of sp³-hybridized carbons (Fsp3) is 0.182. The number of nitrogens with one attached hydrogen (secondary N) is 1. The molecule has 1 aromatic heterocycles. The van der Waals surface area contributed by atoms with Crippen LogP contribution in [0, 0.1) is 5.92 Å². The minimum absolute atomic E-state index is 0.178. The normalized spacial score (nSPS) is 12.2. The van der Waals surface area contributed by atoms with Crippen molar-refractivity contribution in [3.05, 3.63) is 95.8 Å². The Kier molecular flexibility index (Phi) is 6.21. The van der Waals surface area contributed by atoms with Gasteiger partial charge in [0.15, 0.2) is 0 Å². The van der Waals surface area contributed by atoms with Crippen LogP contribution in [0.5, 0.6) is 0 Å². The minimum Gasteiger partial charge on any atom is -0.255 e. The fourth-order valence-corrected chi connectivity index (χ4v) is 3.61. The summed E-state index contributed by atoms with van der Waals surface area (Å²) in [6, 6.07) is 21.7. The lowest BCUT2D eigenvalue weighted by Crippen LogP contribution is -2.21. The van der Waals surface area contributed by atoms with Crippen LogP contribution in [0.1, 0.15) is 30.7 Å². The Balaban J connectivity index is 1.89. The van der Waals surface area contributed by atoms with E-state index in [1.807, 2.05) is 48.5 Å². The van der Waals surface area contributed by atoms with Gasteiger partial charge in [-0.2, -0.15) is 18.4 Å². The van der Waals surface area contributed by atoms with Crippen molar-refractivity contribution in [2.75, 3.05) is 0 Å². The molecule has 0 spiro atoms. The molecule has 0 saturated carbocycles. The molecule has 0 bridgehead atoms. The minimum atomic E-state index is -3.78. The molecule has 3 rings (SSSR count). The molecule has 0 aliphatic carbocycles. The van der Waals surface area contributed by atoms with Gasteiger partial charge in [-0.3, -0.25) is 4.98 Å². The van der Waals surface area contributed by atoms with Gasteiger partial charge in [0.2, 0.25) is 0 Å². The maximum atomic E-state index is 12.7. The summed E-state index contributed by atoms with van der Waals surface area (Å²) >= 11 is 0. The van der Waals surface area contributed by atoms with Crippen LogP contribution in [-0.4, -0.2) is 19.1 Å². The number of nitrogens with zero attached hydrogens (tertiary/aromatic N) is 2. The second-order valence-electron chi connectivity index (χ2n) is 6.88. The van der Waals surface area contributed by atoms with Gasteiger partial charge >= 0.3 is 0 Å². The van der Waals surface area contributed by atoms with E-state index in [9.17, 15) is 8.42 Å². The molecule has 6 heteroatoms. The van der Waals surface area contributed by atoms with E-state index in [4.69, 9.17) is 0 Å². The Morgan fingerprint density at radius 3 is 2.25 bits per heavy atom. The molecule has 28 heavy (non-hydrogen) atoms. The lowest BCUT2D eigenvalue weighted by molar-refractivity contribution is 0.584. The summed E-state index contributed by atoms with van der Waals surface area (Å²) in [6.45, 7) is 4.26. The molecular weight excluding hydrogens is 370 g/mol. The number of rotatable bonds is 7. The van der Waals surface area contributed by atoms with Crippen molar-refractivity contribution in [3.8, 4) is 0 Å². The highest BCUT2D eigenvalue weighted by molar-refractivity contribution is 7.89. The molecule has 5 nitrogen and oxygen atoms in total. The molecular formula is C22H23N3O2S. The van der Waals surface area contributed by atoms with E-state index >= 15 is 0 Å². The highest BCUT2D eigenvalue weighted by atomic mass is 32.2. The monoisotopic (exact) mass is 393 g/mol. The number of sulfonamides is 1. The third-order valence-electron chi connectivity index (χ3n) is 4.11. The zero-order valence-corrected chi connectivity index (χ0v) is 16.7. The molecule has 3 aromatic rings. The third-order valence-corrected chi connectivity index (χ3v) is 5.33. The SMILES string of the molecule is CC(C)Cc1ccc(S(=O)(=O)NN=C(c2ccccc2)c2ccccn2)cc1. The van der Waals surface area contributed by atoms with Gasteiger partial charge < -0.3 is 0 Å². The Labute approximate surface area is 166 Å². The zero-order chi connectivity index (χ0) is 20.0. The summed E-state index contributed by atoms with van der Waals surface area (Å²) in [5.74, 6) is 0.511. The van der Waals surface area contributed by atoms with Crippen molar-refractivity contribution in [1.82, 2.24) is 9.82 Å². The van der Waals surface area contributed by atoms with E-state index in [1.165, 1.54) is 0 Å². The first-order chi connectivity index (χ1) is 13.5. The average molecular weight is 394 g/mol. The standard InChI is InChI=1S/C22H23N3O2S/c1-17(2)16-18-11-13-20(14-12-18)28(26,27)25-24-22(19-8-4-3-5-9-19)21-10-6-7-15-23-21/h3-15,17,25H,16H2,1-2H3. The molecule has 1 heterocycles. The number of aromatic nitrogens is 1. The zero-order valence-electron chi connectivity index (χ0n) is 15.9. The summed E-state index contributed by atoms with van der Waals surface area (Å²) in [6.07, 6.45) is 2.56. The van der Waals surface area contributed by atoms with Gasteiger partial charge in [0.1, 0.15) is 5.71 Å². The first kappa shape index (κ1) is 19.8. The van der Waals surface area contributed by atoms with Crippen LogP contribution in [0.25, 0.3) is 0 Å². The van der Waals surface area contributed by atoms with Gasteiger partial charge in [-0.25, -0.2) is 0 Å². The predicted octanol–water partition coefficient (Wildman–Crippen LogP) is 4.01. The van der Waals surface area contributed by atoms with Crippen molar-refractivity contribution in [2.24, 2.45) is 11.0 Å². The smallest absolute Gasteiger partial charge is 0.255 e. The maximum absolute atomic E-state index is 12.7. The largest absolute Gasteiger partial charge is 0.276 e. The van der Waals surface area contributed by atoms with Crippen molar-refractivity contribution in [2.45, 2.75) is 25.2 Å². The van der Waals surface area contributed by atoms with Crippen molar-refractivity contribution in [3.63, 3.8) is 0 Å². The van der Waals surface area contributed by atoms with Crippen LogP contribution in [0.2, 0.25) is 0 Å². The number of hydrazone groups is 1. The van der Waals surface area contributed by atoms with Gasteiger partial charge in [0.25, 0.3) is 10.0 Å². The molecule has 2 aromatic carbocycles. The van der Waals surface area contributed by atoms with Crippen molar-refractivity contribution >= 4 is 15.7 Å². The second kappa shape index (κ2) is 8.80. The van der Waals surface area contributed by atoms with Crippen LogP contribution >= 0.6 is 0 Å². The number of hydrogen-bond acceptors (Lipinski definition) is 4. The summed E-state index contributed by atoms with van der Waals surface area (Å²) in [5.41, 5.74) is 2.93. The number of benzene rings is 2. The Morgan fingerprint density at radius 2 is 1.64 bits per heavy atom. The van der Waals surface area contributed by atoms with Gasteiger partial charge in [0.05, 0.1) is 10.6 Å². The number of hydrogen-bond donors (Lipinski definition) is 1. The average Bonchev–Trinajstić information content (AvgIpc) is 2.70. The molecule has 0 unspecified atom stereocenters. The highest BCUT2D eigenvalue weighted by Gasteiger charge is 2.15. The third kappa shape index (κ3) is 5.04. The van der Waals surface area contributed by atoms with Crippen molar-refractivity contribution in [1.29, 1.82) is 0 Å². The van der Waals surface area contributed by atoms with Crippen LogP contribution in [0.3, 0.4) is 0 Å². The van der Waals surface area contributed by atoms with Gasteiger partial charge in [-0.15, -0.1) is 0 Å². The van der Waals surface area contributed by atoms with E-state index in [2.05, 4.69) is 28.8 Å². The van der Waals surface area contributed by atoms with Gasteiger partial charge in [-0.05, 0) is 42.2 Å². The van der Waals surface area contributed by atoms with Crippen LogP contribution < -0.4 is 4.83 Å². The van der Waals surface area contributed by atoms with E-state index in [-0.39, 0.29) is 4.90 Å². The van der Waals surface area contributed by atoms with E-state index in [1.54, 1.807) is 30.5 Å². The molecule has 0 fully saturated rings. The van der Waals surface area contributed by atoms with Crippen LogP contribution in [0.15, 0.2) is 89.0 Å². The summed E-state index contributed by atoms with van der Waals surface area (Å²) in [4.78, 5) is 6.83. The van der Waals surface area contributed by atoms with Gasteiger partial charge in [-0.1, -0.05) is 62.4 Å². The molecule has 1 N–H and O–H groups in total. The lowest BCUT2D eigenvalue weighted by atomic mass is 10.0. The Hall–Kier alpha value is -2.99. The quantitative estimate of drug-likeness (QED) is 0.487. The topological polar surface area (TPSA) is 71.4 Å². The summed E-state index contributed by atoms with van der Waals surface area (Å²) in [5, 5.41) is 4.20. The Morgan fingerprint density at radius 1 is 0.964 bits per heavy atom. The highest BCUT2D eigenvalue weighted by Crippen LogP contribution is 2.14. The molecule has 0 atom stereocenters. The molecule has 0 amide bonds. The fourth-order valence-electron chi connectivity index (χ4n) is 2.80. The maximum Gasteiger partial charge on any atom is 0.276 e. The first-order valence-corrected chi connectivity index (χ1v) is 10.6. The van der Waals surface area contributed by atoms with Crippen LogP contribution in [-0.2, 0) is 16.4 Å². The lowest BCUT2D eigenvalue weighted by Gasteiger charge is -2.09. The summed E-state index contributed by atoms with van der Waals surface area (Å²) in [7, 11) is -3.78. The first-order valence-electron chi connectivity index (χ1n) is 9.11. The molecule has 144 valence electrons. The molecule has 0 saturated heterocycles. The number of pyridine rings is 1. The molecule has 0 aliphatic heterocycles. The van der Waals surface area contributed by atoms with Crippen LogP contribution in [0.4, 0.5) is 0 Å². The van der Waals surface area contributed by atoms with Crippen molar-refractivity contribution < 1.29 is 8.42 Å². The molecule has 0 radical (unpaired) electrons. The van der Waals surface area contributed by atoms with E-state index in [0.717, 1.165) is 17.5 Å². The van der Waals surface area contributed by atoms with E-state index in [0.29, 0.717) is 17.3 Å². The van der Waals surface area contributed by atoms with E-state index < -0.39 is 10.0 Å². The van der Waals surface area contributed by atoms with Gasteiger partial charge in [0, 0.05) is 11.8 Å². The summed E-state index contributed by atoms with van der Waals surface area (Å²) < 4.78 is 25.4. The predicted molar refractivity (Wildman–Crippen MR) is 112 cm³/mol. The second-order valence-corrected chi connectivity index (χ2v) is 8.54. The Bertz CT molecular complexity index is 989. The molecule has 0 aliphatic rings.